The molecule has 0 unspecified atom stereocenters. The van der Waals surface area contributed by atoms with Crippen LogP contribution < -0.4 is 0 Å². The number of fused-ring (bicyclic) bond motifs is 1. The SMILES string of the molecule is COCCCC#Cc1ccc2c(c1)[C@@H](C)CC[C@H]2c1ccc(Cl)c(Cl)c1. The zero-order valence-corrected chi connectivity index (χ0v) is 16.8. The Labute approximate surface area is 166 Å². The lowest BCUT2D eigenvalue weighted by molar-refractivity contribution is 0.196. The Balaban J connectivity index is 1.86. The van der Waals surface area contributed by atoms with Crippen molar-refractivity contribution in [2.75, 3.05) is 13.7 Å². The van der Waals surface area contributed by atoms with Crippen molar-refractivity contribution in [3.63, 3.8) is 0 Å². The summed E-state index contributed by atoms with van der Waals surface area (Å²) in [5, 5.41) is 1.24. The van der Waals surface area contributed by atoms with Crippen molar-refractivity contribution in [3.05, 3.63) is 68.7 Å². The molecule has 0 bridgehead atoms. The Hall–Kier alpha value is -1.46. The highest BCUT2D eigenvalue weighted by molar-refractivity contribution is 6.42. The molecule has 0 amide bonds. The van der Waals surface area contributed by atoms with Crippen molar-refractivity contribution in [3.8, 4) is 11.8 Å². The molecule has 0 saturated heterocycles. The van der Waals surface area contributed by atoms with Crippen molar-refractivity contribution in [2.24, 2.45) is 0 Å². The molecule has 0 saturated carbocycles. The molecule has 2 aromatic carbocycles. The van der Waals surface area contributed by atoms with Crippen LogP contribution in [0.15, 0.2) is 36.4 Å². The van der Waals surface area contributed by atoms with E-state index in [4.69, 9.17) is 27.9 Å². The summed E-state index contributed by atoms with van der Waals surface area (Å²) in [7, 11) is 1.72. The lowest BCUT2D eigenvalue weighted by Gasteiger charge is -2.30. The lowest BCUT2D eigenvalue weighted by Crippen LogP contribution is -2.14. The van der Waals surface area contributed by atoms with Crippen LogP contribution in [0.4, 0.5) is 0 Å². The van der Waals surface area contributed by atoms with Gasteiger partial charge < -0.3 is 4.74 Å². The standard InChI is InChI=1S/C23H24Cl2O/c1-16-7-10-19(18-9-12-22(24)23(25)15-18)20-11-8-17(14-21(16)20)6-4-3-5-13-26-2/h8-9,11-12,14-16,19H,3,5,7,10,13H2,1-2H3/t16-,19-/m0/s1. The fourth-order valence-corrected chi connectivity index (χ4v) is 3.98. The van der Waals surface area contributed by atoms with Gasteiger partial charge in [-0.15, -0.1) is 0 Å². The van der Waals surface area contributed by atoms with Crippen molar-refractivity contribution >= 4 is 23.2 Å². The number of ether oxygens (including phenoxy) is 1. The maximum Gasteiger partial charge on any atom is 0.0595 e. The van der Waals surface area contributed by atoms with Crippen molar-refractivity contribution in [1.29, 1.82) is 0 Å². The number of hydrogen-bond acceptors (Lipinski definition) is 1. The summed E-state index contributed by atoms with van der Waals surface area (Å²) < 4.78 is 5.07. The molecule has 1 aliphatic rings. The molecule has 3 rings (SSSR count). The minimum absolute atomic E-state index is 0.375. The molecule has 136 valence electrons. The Bertz CT molecular complexity index is 832. The van der Waals surface area contributed by atoms with Gasteiger partial charge >= 0.3 is 0 Å². The van der Waals surface area contributed by atoms with E-state index in [1.165, 1.54) is 23.1 Å². The third-order valence-corrected chi connectivity index (χ3v) is 5.85. The molecule has 0 heterocycles. The maximum atomic E-state index is 6.25. The average molecular weight is 387 g/mol. The van der Waals surface area contributed by atoms with E-state index < -0.39 is 0 Å². The van der Waals surface area contributed by atoms with Gasteiger partial charge in [0.15, 0.2) is 0 Å². The second kappa shape index (κ2) is 8.96. The number of hydrogen-bond donors (Lipinski definition) is 0. The Morgan fingerprint density at radius 3 is 2.65 bits per heavy atom. The molecule has 1 nitrogen and oxygen atoms in total. The zero-order valence-electron chi connectivity index (χ0n) is 15.3. The zero-order chi connectivity index (χ0) is 18.5. The highest BCUT2D eigenvalue weighted by Crippen LogP contribution is 2.43. The van der Waals surface area contributed by atoms with Gasteiger partial charge in [-0.05, 0) is 66.1 Å². The van der Waals surface area contributed by atoms with Crippen LogP contribution in [0.5, 0.6) is 0 Å². The smallest absolute Gasteiger partial charge is 0.0595 e. The first kappa shape index (κ1) is 19.3. The molecule has 0 aromatic heterocycles. The first-order chi connectivity index (χ1) is 12.6. The second-order valence-electron chi connectivity index (χ2n) is 6.95. The third-order valence-electron chi connectivity index (χ3n) is 5.11. The van der Waals surface area contributed by atoms with E-state index in [-0.39, 0.29) is 0 Å². The first-order valence-corrected chi connectivity index (χ1v) is 9.92. The number of rotatable bonds is 4. The fourth-order valence-electron chi connectivity index (χ4n) is 3.67. The molecule has 1 aliphatic carbocycles. The monoisotopic (exact) mass is 386 g/mol. The van der Waals surface area contributed by atoms with E-state index in [1.807, 2.05) is 12.1 Å². The molecule has 0 spiro atoms. The second-order valence-corrected chi connectivity index (χ2v) is 7.76. The first-order valence-electron chi connectivity index (χ1n) is 9.16. The molecule has 0 N–H and O–H groups in total. The molecule has 0 radical (unpaired) electrons. The van der Waals surface area contributed by atoms with Gasteiger partial charge in [0.2, 0.25) is 0 Å². The van der Waals surface area contributed by atoms with Crippen LogP contribution in [0, 0.1) is 11.8 Å². The molecule has 0 fully saturated rings. The number of benzene rings is 2. The van der Waals surface area contributed by atoms with Gasteiger partial charge in [0.25, 0.3) is 0 Å². The summed E-state index contributed by atoms with van der Waals surface area (Å²) in [6.07, 6.45) is 4.15. The van der Waals surface area contributed by atoms with E-state index >= 15 is 0 Å². The summed E-state index contributed by atoms with van der Waals surface area (Å²) in [5.74, 6) is 7.48. The van der Waals surface area contributed by atoms with E-state index in [0.29, 0.717) is 21.9 Å². The van der Waals surface area contributed by atoms with Crippen LogP contribution >= 0.6 is 23.2 Å². The third kappa shape index (κ3) is 4.44. The van der Waals surface area contributed by atoms with Gasteiger partial charge in [0.1, 0.15) is 0 Å². The van der Waals surface area contributed by atoms with E-state index in [1.54, 1.807) is 7.11 Å². The maximum absolute atomic E-state index is 6.25. The van der Waals surface area contributed by atoms with Crippen molar-refractivity contribution < 1.29 is 4.74 Å². The van der Waals surface area contributed by atoms with E-state index in [0.717, 1.165) is 31.4 Å². The van der Waals surface area contributed by atoms with Crippen LogP contribution in [-0.4, -0.2) is 13.7 Å². The van der Waals surface area contributed by atoms with Gasteiger partial charge in [0.05, 0.1) is 10.0 Å². The average Bonchev–Trinajstić information content (AvgIpc) is 2.64. The molecular weight excluding hydrogens is 363 g/mol. The molecule has 0 aliphatic heterocycles. The Morgan fingerprint density at radius 2 is 1.88 bits per heavy atom. The quantitative estimate of drug-likeness (QED) is 0.414. The van der Waals surface area contributed by atoms with Crippen LogP contribution in [0.1, 0.15) is 66.7 Å². The largest absolute Gasteiger partial charge is 0.385 e. The van der Waals surface area contributed by atoms with Gasteiger partial charge in [-0.3, -0.25) is 0 Å². The molecule has 26 heavy (non-hydrogen) atoms. The number of methoxy groups -OCH3 is 1. The van der Waals surface area contributed by atoms with Gasteiger partial charge in [-0.25, -0.2) is 0 Å². The predicted octanol–water partition coefficient (Wildman–Crippen LogP) is 6.80. The van der Waals surface area contributed by atoms with Gasteiger partial charge in [-0.1, -0.05) is 54.1 Å². The van der Waals surface area contributed by atoms with Crippen LogP contribution in [0.3, 0.4) is 0 Å². The van der Waals surface area contributed by atoms with Crippen molar-refractivity contribution in [1.82, 2.24) is 0 Å². The highest BCUT2D eigenvalue weighted by atomic mass is 35.5. The van der Waals surface area contributed by atoms with E-state index in [2.05, 4.69) is 43.0 Å². The molecule has 2 aromatic rings. The number of halogens is 2. The summed E-state index contributed by atoms with van der Waals surface area (Å²) >= 11 is 12.3. The minimum Gasteiger partial charge on any atom is -0.385 e. The van der Waals surface area contributed by atoms with Crippen LogP contribution in [0.2, 0.25) is 10.0 Å². The minimum atomic E-state index is 0.375. The number of unbranched alkanes of at least 4 members (excludes halogenated alkanes) is 1. The van der Waals surface area contributed by atoms with E-state index in [9.17, 15) is 0 Å². The molecule has 3 heteroatoms. The Morgan fingerprint density at radius 1 is 1.04 bits per heavy atom. The summed E-state index contributed by atoms with van der Waals surface area (Å²) in [4.78, 5) is 0. The van der Waals surface area contributed by atoms with Gasteiger partial charge in [0, 0.05) is 31.6 Å². The summed E-state index contributed by atoms with van der Waals surface area (Å²) in [5.41, 5.74) is 5.15. The van der Waals surface area contributed by atoms with Crippen LogP contribution in [0.25, 0.3) is 0 Å². The topological polar surface area (TPSA) is 9.23 Å². The Kier molecular flexibility index (Phi) is 6.65. The fraction of sp³-hybridized carbons (Fsp3) is 0.391. The highest BCUT2D eigenvalue weighted by Gasteiger charge is 2.26. The summed E-state index contributed by atoms with van der Waals surface area (Å²) in [6, 6.07) is 12.7. The normalized spacial score (nSPS) is 18.8. The van der Waals surface area contributed by atoms with Gasteiger partial charge in [-0.2, -0.15) is 0 Å². The lowest BCUT2D eigenvalue weighted by atomic mass is 9.74. The molecular formula is C23H24Cl2O. The summed E-state index contributed by atoms with van der Waals surface area (Å²) in [6.45, 7) is 3.07. The van der Waals surface area contributed by atoms with Crippen molar-refractivity contribution in [2.45, 2.75) is 44.4 Å². The molecule has 2 atom stereocenters. The van der Waals surface area contributed by atoms with Crippen LogP contribution in [-0.2, 0) is 4.74 Å². The predicted molar refractivity (Wildman–Crippen MR) is 110 cm³/mol.